The highest BCUT2D eigenvalue weighted by Gasteiger charge is 2.35. The smallest absolute Gasteiger partial charge is 0.253 e. The summed E-state index contributed by atoms with van der Waals surface area (Å²) in [6.07, 6.45) is 0. The molecule has 5 rings (SSSR count). The number of thiophene rings is 1. The van der Waals surface area contributed by atoms with Gasteiger partial charge in [-0.1, -0.05) is 12.1 Å². The predicted octanol–water partition coefficient (Wildman–Crippen LogP) is 2.82. The van der Waals surface area contributed by atoms with Crippen LogP contribution in [0, 0.1) is 6.92 Å². The Morgan fingerprint density at radius 1 is 1.11 bits per heavy atom. The van der Waals surface area contributed by atoms with Crippen LogP contribution in [0.4, 0.5) is 0 Å². The molecule has 2 fully saturated rings. The van der Waals surface area contributed by atoms with E-state index in [1.54, 1.807) is 11.3 Å². The second-order valence-corrected chi connectivity index (χ2v) is 8.26. The average Bonchev–Trinajstić information content (AvgIpc) is 3.15. The summed E-state index contributed by atoms with van der Waals surface area (Å²) in [4.78, 5) is 26.3. The molecule has 2 aliphatic rings. The van der Waals surface area contributed by atoms with E-state index in [1.165, 1.54) is 0 Å². The van der Waals surface area contributed by atoms with Crippen molar-refractivity contribution in [1.82, 2.24) is 19.8 Å². The fraction of sp³-hybridized carbons (Fsp3) is 0.381. The Kier molecular flexibility index (Phi) is 4.58. The summed E-state index contributed by atoms with van der Waals surface area (Å²) in [5.74, 6) is 0.868. The van der Waals surface area contributed by atoms with Crippen molar-refractivity contribution in [2.24, 2.45) is 0 Å². The zero-order chi connectivity index (χ0) is 19.1. The lowest BCUT2D eigenvalue weighted by Crippen LogP contribution is -2.62. The number of carbonyl (C=O) groups excluding carboxylic acids is 1. The van der Waals surface area contributed by atoms with Crippen molar-refractivity contribution in [3.8, 4) is 11.3 Å². The molecule has 2 saturated heterocycles. The first-order chi connectivity index (χ1) is 13.7. The first kappa shape index (κ1) is 17.7. The van der Waals surface area contributed by atoms with Gasteiger partial charge in [0.1, 0.15) is 5.82 Å². The summed E-state index contributed by atoms with van der Waals surface area (Å²) in [6.45, 7) is 7.06. The molecule has 7 heteroatoms. The molecule has 0 atom stereocenters. The van der Waals surface area contributed by atoms with E-state index in [9.17, 15) is 4.79 Å². The number of carbonyl (C=O) groups is 1. The van der Waals surface area contributed by atoms with Crippen LogP contribution in [-0.4, -0.2) is 71.1 Å². The van der Waals surface area contributed by atoms with Gasteiger partial charge in [-0.15, -0.1) is 11.3 Å². The van der Waals surface area contributed by atoms with Gasteiger partial charge in [0.25, 0.3) is 5.91 Å². The summed E-state index contributed by atoms with van der Waals surface area (Å²) >= 11 is 1.65. The van der Waals surface area contributed by atoms with Gasteiger partial charge < -0.3 is 9.64 Å². The monoisotopic (exact) mass is 394 g/mol. The van der Waals surface area contributed by atoms with Crippen molar-refractivity contribution in [2.45, 2.75) is 13.0 Å². The molecule has 4 heterocycles. The van der Waals surface area contributed by atoms with Crippen molar-refractivity contribution in [2.75, 3.05) is 39.4 Å². The van der Waals surface area contributed by atoms with Crippen LogP contribution >= 0.6 is 11.3 Å². The van der Waals surface area contributed by atoms with Gasteiger partial charge in [-0.3, -0.25) is 9.69 Å². The van der Waals surface area contributed by atoms with E-state index in [2.05, 4.69) is 14.9 Å². The molecular weight excluding hydrogens is 372 g/mol. The van der Waals surface area contributed by atoms with E-state index in [0.717, 1.165) is 72.3 Å². The van der Waals surface area contributed by atoms with E-state index < -0.39 is 0 Å². The van der Waals surface area contributed by atoms with Crippen LogP contribution in [0.25, 0.3) is 21.5 Å². The Morgan fingerprint density at radius 2 is 1.86 bits per heavy atom. The lowest BCUT2D eigenvalue weighted by molar-refractivity contribution is -0.0256. The highest BCUT2D eigenvalue weighted by Crippen LogP contribution is 2.30. The first-order valence-electron chi connectivity index (χ1n) is 9.62. The van der Waals surface area contributed by atoms with Gasteiger partial charge in [-0.2, -0.15) is 0 Å². The Bertz CT molecular complexity index is 1000. The summed E-state index contributed by atoms with van der Waals surface area (Å²) in [5, 5.41) is 2.04. The van der Waals surface area contributed by atoms with Crippen LogP contribution in [-0.2, 0) is 4.74 Å². The third kappa shape index (κ3) is 3.19. The van der Waals surface area contributed by atoms with E-state index in [4.69, 9.17) is 4.74 Å². The normalized spacial score (nSPS) is 18.4. The van der Waals surface area contributed by atoms with Gasteiger partial charge in [0.15, 0.2) is 0 Å². The number of fused-ring (bicyclic) bond motifs is 1. The zero-order valence-corrected chi connectivity index (χ0v) is 16.6. The minimum Gasteiger partial charge on any atom is -0.379 e. The fourth-order valence-corrected chi connectivity index (χ4v) is 4.77. The molecule has 0 radical (unpaired) electrons. The molecule has 2 aromatic heterocycles. The quantitative estimate of drug-likeness (QED) is 0.684. The molecule has 6 nitrogen and oxygen atoms in total. The lowest BCUT2D eigenvalue weighted by atomic mass is 10.0. The lowest BCUT2D eigenvalue weighted by Gasteiger charge is -2.46. The maximum atomic E-state index is 12.8. The number of likely N-dealkylation sites (tertiary alicyclic amines) is 1. The third-order valence-corrected chi connectivity index (χ3v) is 6.44. The Balaban J connectivity index is 1.30. The van der Waals surface area contributed by atoms with Crippen LogP contribution in [0.5, 0.6) is 0 Å². The van der Waals surface area contributed by atoms with Crippen LogP contribution in [0.15, 0.2) is 35.7 Å². The number of morpholine rings is 1. The maximum absolute atomic E-state index is 12.8. The molecule has 1 amide bonds. The highest BCUT2D eigenvalue weighted by atomic mass is 32.1. The zero-order valence-electron chi connectivity index (χ0n) is 15.8. The second-order valence-electron chi connectivity index (χ2n) is 7.34. The molecule has 0 unspecified atom stereocenters. The van der Waals surface area contributed by atoms with Gasteiger partial charge >= 0.3 is 0 Å². The van der Waals surface area contributed by atoms with Gasteiger partial charge in [-0.25, -0.2) is 9.97 Å². The van der Waals surface area contributed by atoms with Gasteiger partial charge in [0.2, 0.25) is 0 Å². The molecule has 3 aromatic rings. The van der Waals surface area contributed by atoms with Crippen molar-refractivity contribution in [3.63, 3.8) is 0 Å². The number of aryl methyl sites for hydroxylation is 1. The fourth-order valence-electron chi connectivity index (χ4n) is 3.92. The number of ether oxygens (including phenoxy) is 1. The van der Waals surface area contributed by atoms with Crippen LogP contribution in [0.1, 0.15) is 16.2 Å². The number of nitrogens with zero attached hydrogens (tertiary/aromatic N) is 4. The minimum absolute atomic E-state index is 0.108. The Labute approximate surface area is 167 Å². The number of hydrogen-bond acceptors (Lipinski definition) is 6. The minimum atomic E-state index is 0.108. The van der Waals surface area contributed by atoms with E-state index in [1.807, 2.05) is 47.5 Å². The van der Waals surface area contributed by atoms with Gasteiger partial charge in [-0.05, 0) is 30.5 Å². The molecule has 1 aromatic carbocycles. The van der Waals surface area contributed by atoms with Crippen LogP contribution < -0.4 is 0 Å². The molecule has 0 aliphatic carbocycles. The molecule has 0 spiro atoms. The van der Waals surface area contributed by atoms with Crippen molar-refractivity contribution >= 4 is 27.5 Å². The average molecular weight is 395 g/mol. The number of benzene rings is 1. The van der Waals surface area contributed by atoms with E-state index >= 15 is 0 Å². The summed E-state index contributed by atoms with van der Waals surface area (Å²) in [5.41, 5.74) is 3.66. The van der Waals surface area contributed by atoms with Crippen molar-refractivity contribution < 1.29 is 9.53 Å². The van der Waals surface area contributed by atoms with Crippen LogP contribution in [0.3, 0.4) is 0 Å². The van der Waals surface area contributed by atoms with Gasteiger partial charge in [0, 0.05) is 43.3 Å². The molecular formula is C21H22N4O2S. The SMILES string of the molecule is Cc1nc(-c2ccc(C(=O)N3CC(N4CCOCC4)C3)cc2)c2sccc2n1. The predicted molar refractivity (Wildman–Crippen MR) is 110 cm³/mol. The first-order valence-corrected chi connectivity index (χ1v) is 10.5. The highest BCUT2D eigenvalue weighted by molar-refractivity contribution is 7.17. The second kappa shape index (κ2) is 7.24. The third-order valence-electron chi connectivity index (χ3n) is 5.53. The summed E-state index contributed by atoms with van der Waals surface area (Å²) < 4.78 is 6.49. The molecule has 0 N–H and O–H groups in total. The summed E-state index contributed by atoms with van der Waals surface area (Å²) in [6, 6.07) is 10.3. The standard InChI is InChI=1S/C21H22N4O2S/c1-14-22-18-6-11-28-20(18)19(23-14)15-2-4-16(5-3-15)21(26)25-12-17(13-25)24-7-9-27-10-8-24/h2-6,11,17H,7-10,12-13H2,1H3. The molecule has 0 bridgehead atoms. The number of hydrogen-bond donors (Lipinski definition) is 0. The van der Waals surface area contributed by atoms with Gasteiger partial charge in [0.05, 0.1) is 29.1 Å². The Hall–Kier alpha value is -2.35. The maximum Gasteiger partial charge on any atom is 0.253 e. The molecule has 144 valence electrons. The van der Waals surface area contributed by atoms with E-state index in [0.29, 0.717) is 6.04 Å². The number of amides is 1. The van der Waals surface area contributed by atoms with Crippen molar-refractivity contribution in [1.29, 1.82) is 0 Å². The molecule has 28 heavy (non-hydrogen) atoms. The number of aromatic nitrogens is 2. The molecule has 2 aliphatic heterocycles. The summed E-state index contributed by atoms with van der Waals surface area (Å²) in [7, 11) is 0. The largest absolute Gasteiger partial charge is 0.379 e. The van der Waals surface area contributed by atoms with E-state index in [-0.39, 0.29) is 5.91 Å². The number of rotatable bonds is 3. The van der Waals surface area contributed by atoms with Crippen LogP contribution in [0.2, 0.25) is 0 Å². The topological polar surface area (TPSA) is 58.6 Å². The molecule has 0 saturated carbocycles. The Morgan fingerprint density at radius 3 is 2.61 bits per heavy atom. The van der Waals surface area contributed by atoms with Crippen molar-refractivity contribution in [3.05, 3.63) is 47.1 Å².